The van der Waals surface area contributed by atoms with Gasteiger partial charge in [0.05, 0.1) is 23.6 Å². The fraction of sp³-hybridized carbons (Fsp3) is 0.400. The van der Waals surface area contributed by atoms with Gasteiger partial charge in [0.15, 0.2) is 0 Å². The number of rotatable bonds is 12. The van der Waals surface area contributed by atoms with Crippen LogP contribution in [0.4, 0.5) is 11.4 Å². The zero-order valence-electron chi connectivity index (χ0n) is 25.7. The molecule has 14 heteroatoms. The molecule has 44 heavy (non-hydrogen) atoms. The molecule has 0 saturated carbocycles. The van der Waals surface area contributed by atoms with Gasteiger partial charge in [-0.1, -0.05) is 12.1 Å². The molecule has 0 saturated heterocycles. The largest absolute Gasteiger partial charge is 0.506 e. The number of aliphatic carboxylic acids is 2. The summed E-state index contributed by atoms with van der Waals surface area (Å²) >= 11 is 0. The van der Waals surface area contributed by atoms with Crippen molar-refractivity contribution < 1.29 is 49.8 Å². The number of hydrogen-bond donors (Lipinski definition) is 10. The van der Waals surface area contributed by atoms with Crippen LogP contribution in [0.1, 0.15) is 64.9 Å². The molecule has 2 unspecified atom stereocenters. The zero-order valence-corrected chi connectivity index (χ0v) is 25.7. The third-order valence-electron chi connectivity index (χ3n) is 5.26. The second kappa shape index (κ2) is 18.9. The number of β-amino-alcohol motifs (C(OH)–C–C–N with tert-alkyl or cyclic N) is 2. The number of aliphatic hydroxyl groups is 2. The summed E-state index contributed by atoms with van der Waals surface area (Å²) in [5, 5.41) is 65.7. The summed E-state index contributed by atoms with van der Waals surface area (Å²) in [5.41, 5.74) is 1.68. The number of carbonyl (C=O) groups excluding carboxylic acids is 2. The highest BCUT2D eigenvalue weighted by molar-refractivity contribution is 5.89. The first-order chi connectivity index (χ1) is 20.3. The standard InChI is InChI=1S/2C13H20N2O3.C4H4O4/c2*1-13(2,3)15-7-12(18)9-4-5-11(17)10(6-9)14-8-16;5-3(6)1-2-4(7)8/h2*4-6,8,12,15,17-18H,7H2,1-3H3,(H,14,16);1-2H,(H,5,6)(H,7,8)/b;;2-1+. The van der Waals surface area contributed by atoms with Gasteiger partial charge in [-0.05, 0) is 76.9 Å². The predicted octanol–water partition coefficient (Wildman–Crippen LogP) is 2.48. The van der Waals surface area contributed by atoms with Crippen LogP contribution < -0.4 is 21.3 Å². The van der Waals surface area contributed by atoms with Crippen molar-refractivity contribution in [3.05, 3.63) is 59.7 Å². The average Bonchev–Trinajstić information content (AvgIpc) is 2.92. The summed E-state index contributed by atoms with van der Waals surface area (Å²) in [6, 6.07) is 9.25. The molecule has 0 aromatic heterocycles. The van der Waals surface area contributed by atoms with E-state index in [0.717, 1.165) is 0 Å². The first kappa shape index (κ1) is 39.5. The molecule has 0 radical (unpaired) electrons. The molecule has 0 aliphatic heterocycles. The second-order valence-electron chi connectivity index (χ2n) is 11.4. The number of anilines is 2. The molecule has 2 aromatic carbocycles. The van der Waals surface area contributed by atoms with Crippen molar-refractivity contribution in [2.45, 2.75) is 64.8 Å². The predicted molar refractivity (Wildman–Crippen MR) is 165 cm³/mol. The van der Waals surface area contributed by atoms with Gasteiger partial charge in [-0.2, -0.15) is 0 Å². The van der Waals surface area contributed by atoms with Gasteiger partial charge in [-0.15, -0.1) is 0 Å². The van der Waals surface area contributed by atoms with Crippen molar-refractivity contribution in [2.75, 3.05) is 23.7 Å². The van der Waals surface area contributed by atoms with Crippen molar-refractivity contribution >= 4 is 36.1 Å². The zero-order chi connectivity index (χ0) is 34.1. The van der Waals surface area contributed by atoms with E-state index >= 15 is 0 Å². The molecular formula is C30H44N4O10. The number of carboxylic acids is 2. The highest BCUT2D eigenvalue weighted by Gasteiger charge is 2.16. The maximum Gasteiger partial charge on any atom is 0.328 e. The van der Waals surface area contributed by atoms with Gasteiger partial charge < -0.3 is 51.9 Å². The fourth-order valence-corrected chi connectivity index (χ4v) is 3.06. The van der Waals surface area contributed by atoms with Gasteiger partial charge in [0, 0.05) is 36.3 Å². The van der Waals surface area contributed by atoms with Gasteiger partial charge in [0.1, 0.15) is 11.5 Å². The summed E-state index contributed by atoms with van der Waals surface area (Å²) < 4.78 is 0. The van der Waals surface area contributed by atoms with Crippen LogP contribution in [0, 0.1) is 0 Å². The van der Waals surface area contributed by atoms with Crippen LogP contribution in [0.3, 0.4) is 0 Å². The van der Waals surface area contributed by atoms with E-state index in [4.69, 9.17) is 10.2 Å². The minimum Gasteiger partial charge on any atom is -0.506 e. The molecule has 2 atom stereocenters. The maximum absolute atomic E-state index is 10.4. The van der Waals surface area contributed by atoms with Crippen LogP contribution in [0.5, 0.6) is 11.5 Å². The molecule has 2 amide bonds. The van der Waals surface area contributed by atoms with Crippen LogP contribution in [0.15, 0.2) is 48.6 Å². The maximum atomic E-state index is 10.4. The molecule has 0 bridgehead atoms. The lowest BCUT2D eigenvalue weighted by atomic mass is 10.1. The van der Waals surface area contributed by atoms with Gasteiger partial charge in [0.25, 0.3) is 0 Å². The Morgan fingerprint density at radius 2 is 1.00 bits per heavy atom. The molecule has 0 aliphatic carbocycles. The lowest BCUT2D eigenvalue weighted by Gasteiger charge is -2.23. The Morgan fingerprint density at radius 1 is 0.682 bits per heavy atom. The number of carboxylic acid groups (broad SMARTS) is 2. The molecule has 2 aromatic rings. The number of aromatic hydroxyl groups is 2. The van der Waals surface area contributed by atoms with Gasteiger partial charge in [0.2, 0.25) is 12.8 Å². The minimum absolute atomic E-state index is 0.0261. The van der Waals surface area contributed by atoms with Crippen LogP contribution >= 0.6 is 0 Å². The van der Waals surface area contributed by atoms with E-state index in [-0.39, 0.29) is 34.0 Å². The van der Waals surface area contributed by atoms with Crippen molar-refractivity contribution in [1.29, 1.82) is 0 Å². The van der Waals surface area contributed by atoms with Crippen LogP contribution in [-0.4, -0.2) is 79.6 Å². The molecule has 0 fully saturated rings. The molecule has 0 heterocycles. The Morgan fingerprint density at radius 3 is 1.25 bits per heavy atom. The minimum atomic E-state index is -1.26. The van der Waals surface area contributed by atoms with Crippen LogP contribution in [0.25, 0.3) is 0 Å². The molecular weight excluding hydrogens is 576 g/mol. The Bertz CT molecular complexity index is 1160. The number of aliphatic hydroxyl groups excluding tert-OH is 2. The molecule has 10 N–H and O–H groups in total. The highest BCUT2D eigenvalue weighted by Crippen LogP contribution is 2.27. The smallest absolute Gasteiger partial charge is 0.328 e. The van der Waals surface area contributed by atoms with E-state index in [1.54, 1.807) is 24.3 Å². The Labute approximate surface area is 256 Å². The third-order valence-corrected chi connectivity index (χ3v) is 5.26. The number of phenols is 2. The highest BCUT2D eigenvalue weighted by atomic mass is 16.4. The summed E-state index contributed by atoms with van der Waals surface area (Å²) in [6.45, 7) is 12.9. The number of nitrogens with one attached hydrogen (secondary N) is 4. The first-order valence-electron chi connectivity index (χ1n) is 13.4. The fourth-order valence-electron chi connectivity index (χ4n) is 3.06. The lowest BCUT2D eigenvalue weighted by Crippen LogP contribution is -2.38. The summed E-state index contributed by atoms with van der Waals surface area (Å²) in [5.74, 6) is -2.57. The molecule has 0 spiro atoms. The van der Waals surface area contributed by atoms with E-state index in [1.807, 2.05) is 41.5 Å². The van der Waals surface area contributed by atoms with Crippen molar-refractivity contribution in [3.8, 4) is 11.5 Å². The SMILES string of the molecule is CC(C)(C)NCC(O)c1ccc(O)c(NC=O)c1.CC(C)(C)NCC(O)c1ccc(O)c(NC=O)c1.O=C(O)/C=C/C(=O)O. The van der Waals surface area contributed by atoms with Crippen molar-refractivity contribution in [2.24, 2.45) is 0 Å². The summed E-state index contributed by atoms with van der Waals surface area (Å²) in [4.78, 5) is 39.8. The number of hydrogen-bond acceptors (Lipinski definition) is 10. The van der Waals surface area contributed by atoms with Crippen molar-refractivity contribution in [1.82, 2.24) is 10.6 Å². The number of amides is 2. The van der Waals surface area contributed by atoms with E-state index < -0.39 is 24.1 Å². The van der Waals surface area contributed by atoms with Gasteiger partial charge in [-0.25, -0.2) is 9.59 Å². The molecule has 244 valence electrons. The number of carbonyl (C=O) groups is 4. The Kier molecular flexibility index (Phi) is 17.0. The molecule has 0 aliphatic rings. The van der Waals surface area contributed by atoms with Crippen molar-refractivity contribution in [3.63, 3.8) is 0 Å². The quantitative estimate of drug-likeness (QED) is 0.0935. The summed E-state index contributed by atoms with van der Waals surface area (Å²) in [7, 11) is 0. The Hall–Kier alpha value is -4.50. The monoisotopic (exact) mass is 620 g/mol. The second-order valence-corrected chi connectivity index (χ2v) is 11.4. The van der Waals surface area contributed by atoms with E-state index in [1.165, 1.54) is 12.1 Å². The third kappa shape index (κ3) is 18.1. The van der Waals surface area contributed by atoms with Gasteiger partial charge in [-0.3, -0.25) is 9.59 Å². The first-order valence-corrected chi connectivity index (χ1v) is 13.4. The Balaban J connectivity index is 0.000000679. The molecule has 2 rings (SSSR count). The topological polar surface area (TPSA) is 238 Å². The number of benzene rings is 2. The number of phenolic OH excluding ortho intramolecular Hbond substituents is 2. The average molecular weight is 621 g/mol. The normalized spacial score (nSPS) is 12.5. The van der Waals surface area contributed by atoms with E-state index in [9.17, 15) is 39.6 Å². The van der Waals surface area contributed by atoms with Crippen LogP contribution in [-0.2, 0) is 19.2 Å². The van der Waals surface area contributed by atoms with E-state index in [2.05, 4.69) is 21.3 Å². The van der Waals surface area contributed by atoms with Gasteiger partial charge >= 0.3 is 11.9 Å². The summed E-state index contributed by atoms with van der Waals surface area (Å²) in [6.07, 6.45) is 0.691. The molecule has 14 nitrogen and oxygen atoms in total. The van der Waals surface area contributed by atoms with Crippen LogP contribution in [0.2, 0.25) is 0 Å². The lowest BCUT2D eigenvalue weighted by molar-refractivity contribution is -0.134. The van der Waals surface area contributed by atoms with E-state index in [0.29, 0.717) is 49.2 Å².